The van der Waals surface area contributed by atoms with Crippen LogP contribution in [-0.4, -0.2) is 58.9 Å². The lowest BCUT2D eigenvalue weighted by Gasteiger charge is -2.12. The van der Waals surface area contributed by atoms with Crippen LogP contribution < -0.4 is 65.4 Å². The normalized spacial score (nSPS) is 11.5. The maximum Gasteiger partial charge on any atom is 0.446 e. The summed E-state index contributed by atoms with van der Waals surface area (Å²) in [6.07, 6.45) is 0. The average Bonchev–Trinajstić information content (AvgIpc) is 1.88. The fourth-order valence-electron chi connectivity index (χ4n) is 7.52. The standard InChI is InChI=1S/3C18H14F3N3O4S/c3*1-10-9-11(24-16(26)22-15(25)23(2)17(24)27)3-8-14(10)28-12-4-6-13(7-5-12)29-18(19,20)21/h3*3-9H,1-2H3,(H,22,25,26). The molecule has 0 radical (unpaired) electrons. The maximum atomic E-state index is 12.4. The van der Waals surface area contributed by atoms with Crippen molar-refractivity contribution < 1.29 is 53.7 Å². The maximum absolute atomic E-state index is 12.4. The summed E-state index contributed by atoms with van der Waals surface area (Å²) in [5, 5.41) is 0. The highest BCUT2D eigenvalue weighted by atomic mass is 32.2. The molecular weight excluding hydrogens is 1230 g/mol. The number of hydrogen-bond donors (Lipinski definition) is 3. The van der Waals surface area contributed by atoms with E-state index in [0.717, 1.165) is 27.4 Å². The Hall–Kier alpha value is -9.63. The number of nitrogens with one attached hydrogen (secondary N) is 3. The van der Waals surface area contributed by atoms with Crippen LogP contribution in [0.25, 0.3) is 17.1 Å². The molecule has 0 aliphatic heterocycles. The lowest BCUT2D eigenvalue weighted by atomic mass is 10.2. The van der Waals surface area contributed by atoms with Gasteiger partial charge in [0, 0.05) is 35.8 Å². The molecule has 0 aliphatic rings. The van der Waals surface area contributed by atoms with Gasteiger partial charge in [-0.05, 0) is 200 Å². The van der Waals surface area contributed by atoms with Crippen molar-refractivity contribution in [2.24, 2.45) is 21.1 Å². The van der Waals surface area contributed by atoms with Gasteiger partial charge in [0.25, 0.3) is 0 Å². The highest BCUT2D eigenvalue weighted by Gasteiger charge is 2.31. The molecule has 0 aliphatic carbocycles. The summed E-state index contributed by atoms with van der Waals surface area (Å²) in [5.41, 5.74) is -18.2. The minimum atomic E-state index is -4.37. The number of hydrogen-bond acceptors (Lipinski definition) is 15. The van der Waals surface area contributed by atoms with Crippen molar-refractivity contribution >= 4 is 35.3 Å². The zero-order valence-corrected chi connectivity index (χ0v) is 47.8. The molecule has 3 heterocycles. The molecule has 0 amide bonds. The van der Waals surface area contributed by atoms with Crippen molar-refractivity contribution in [3.05, 3.63) is 238 Å². The third kappa shape index (κ3) is 16.8. The van der Waals surface area contributed by atoms with Gasteiger partial charge in [0.1, 0.15) is 34.5 Å². The number of aryl methyl sites for hydroxylation is 3. The van der Waals surface area contributed by atoms with Gasteiger partial charge in [0.2, 0.25) is 0 Å². The van der Waals surface area contributed by atoms with Crippen LogP contribution in [0.1, 0.15) is 16.7 Å². The Labute approximate surface area is 492 Å². The fraction of sp³-hybridized carbons (Fsp3) is 0.167. The van der Waals surface area contributed by atoms with Gasteiger partial charge in [0.05, 0.1) is 17.1 Å². The topological polar surface area (TPSA) is 258 Å². The summed E-state index contributed by atoms with van der Waals surface area (Å²) in [4.78, 5) is 113. The second-order valence-corrected chi connectivity index (χ2v) is 21.4. The molecule has 0 bridgehead atoms. The number of thioether (sulfide) groups is 3. The molecule has 9 rings (SSSR count). The van der Waals surface area contributed by atoms with Crippen molar-refractivity contribution in [1.29, 1.82) is 0 Å². The highest BCUT2D eigenvalue weighted by Crippen LogP contribution is 2.40. The molecule has 21 nitrogen and oxygen atoms in total. The number of aromatic nitrogens is 9. The molecular formula is C54H42F9N9O12S3. The number of ether oxygens (including phenoxy) is 3. The number of benzene rings is 6. The van der Waals surface area contributed by atoms with Crippen LogP contribution in [0.4, 0.5) is 39.5 Å². The zero-order valence-electron chi connectivity index (χ0n) is 45.3. The molecule has 0 fully saturated rings. The number of nitrogens with zero attached hydrogens (tertiary/aromatic N) is 6. The Bertz CT molecular complexity index is 4140. The summed E-state index contributed by atoms with van der Waals surface area (Å²) in [7, 11) is 3.71. The van der Waals surface area contributed by atoms with Gasteiger partial charge in [-0.1, -0.05) is 0 Å². The quantitative estimate of drug-likeness (QED) is 0.0763. The summed E-state index contributed by atoms with van der Waals surface area (Å²) in [6.45, 7) is 5.02. The third-order valence-electron chi connectivity index (χ3n) is 11.7. The molecule has 456 valence electrons. The van der Waals surface area contributed by atoms with Gasteiger partial charge in [-0.25, -0.2) is 70.6 Å². The third-order valence-corrected chi connectivity index (χ3v) is 13.9. The van der Waals surface area contributed by atoms with Crippen molar-refractivity contribution in [3.63, 3.8) is 0 Å². The second-order valence-electron chi connectivity index (χ2n) is 18.0. The lowest BCUT2D eigenvalue weighted by molar-refractivity contribution is -0.0337. The predicted molar refractivity (Wildman–Crippen MR) is 303 cm³/mol. The van der Waals surface area contributed by atoms with Crippen molar-refractivity contribution in [1.82, 2.24) is 42.4 Å². The molecule has 0 atom stereocenters. The predicted octanol–water partition coefficient (Wildman–Crippen LogP) is 8.81. The largest absolute Gasteiger partial charge is 0.457 e. The van der Waals surface area contributed by atoms with Crippen LogP contribution in [0, 0.1) is 20.8 Å². The van der Waals surface area contributed by atoms with E-state index in [9.17, 15) is 82.7 Å². The molecule has 0 saturated heterocycles. The van der Waals surface area contributed by atoms with Gasteiger partial charge < -0.3 is 14.2 Å². The second kappa shape index (κ2) is 26.3. The minimum absolute atomic E-state index is 0.0326. The van der Waals surface area contributed by atoms with E-state index in [1.54, 1.807) is 20.8 Å². The van der Waals surface area contributed by atoms with Crippen LogP contribution in [-0.2, 0) is 21.1 Å². The van der Waals surface area contributed by atoms with E-state index in [1.807, 2.05) is 15.0 Å². The Morgan fingerprint density at radius 2 is 0.552 bits per heavy atom. The Balaban J connectivity index is 0.000000186. The number of halogens is 9. The van der Waals surface area contributed by atoms with Crippen LogP contribution in [0.5, 0.6) is 34.5 Å². The zero-order chi connectivity index (χ0) is 64.0. The first kappa shape index (κ1) is 64.9. The average molecular weight is 1280 g/mol. The Kier molecular flexibility index (Phi) is 19.6. The van der Waals surface area contributed by atoms with E-state index < -0.39 is 67.7 Å². The van der Waals surface area contributed by atoms with E-state index in [4.69, 9.17) is 14.2 Å². The van der Waals surface area contributed by atoms with E-state index in [0.29, 0.717) is 51.2 Å². The van der Waals surface area contributed by atoms with Crippen LogP contribution in [0.2, 0.25) is 0 Å². The summed E-state index contributed by atoms with van der Waals surface area (Å²) in [6, 6.07) is 29.7. The van der Waals surface area contributed by atoms with E-state index >= 15 is 0 Å². The number of H-pyrrole nitrogens is 3. The lowest BCUT2D eigenvalue weighted by Crippen LogP contribution is -2.47. The van der Waals surface area contributed by atoms with Crippen molar-refractivity contribution in [2.45, 2.75) is 52.0 Å². The molecule has 33 heteroatoms. The van der Waals surface area contributed by atoms with Gasteiger partial charge in [-0.2, -0.15) is 39.5 Å². The molecule has 87 heavy (non-hydrogen) atoms. The van der Waals surface area contributed by atoms with Crippen LogP contribution in [0.3, 0.4) is 0 Å². The Morgan fingerprint density at radius 3 is 0.747 bits per heavy atom. The van der Waals surface area contributed by atoms with Gasteiger partial charge in [-0.3, -0.25) is 15.0 Å². The fourth-order valence-corrected chi connectivity index (χ4v) is 9.14. The summed E-state index contributed by atoms with van der Waals surface area (Å²) >= 11 is -0.664. The van der Waals surface area contributed by atoms with Crippen LogP contribution in [0.15, 0.2) is 185 Å². The molecule has 0 saturated carbocycles. The Morgan fingerprint density at radius 1 is 0.333 bits per heavy atom. The molecule has 6 aromatic carbocycles. The first-order valence-electron chi connectivity index (χ1n) is 24.4. The first-order valence-corrected chi connectivity index (χ1v) is 26.8. The van der Waals surface area contributed by atoms with Gasteiger partial charge in [-0.15, -0.1) is 0 Å². The van der Waals surface area contributed by atoms with Crippen molar-refractivity contribution in [2.75, 3.05) is 0 Å². The number of alkyl halides is 9. The molecule has 0 unspecified atom stereocenters. The van der Waals surface area contributed by atoms with Crippen molar-refractivity contribution in [3.8, 4) is 51.6 Å². The molecule has 3 aromatic heterocycles. The monoisotopic (exact) mass is 1280 g/mol. The molecule has 9 aromatic rings. The first-order chi connectivity index (χ1) is 40.6. The van der Waals surface area contributed by atoms with E-state index in [2.05, 4.69) is 0 Å². The number of aromatic amines is 3. The van der Waals surface area contributed by atoms with Gasteiger partial charge in [0.15, 0.2) is 0 Å². The summed E-state index contributed by atoms with van der Waals surface area (Å²) < 4.78 is 133. The smallest absolute Gasteiger partial charge is 0.446 e. The van der Waals surface area contributed by atoms with Gasteiger partial charge >= 0.3 is 67.7 Å². The SMILES string of the molecule is Cc1cc(-n2c(=O)[nH]c(=O)n(C)c2=O)ccc1Oc1ccc(SC(F)(F)F)cc1.Cc1cc(-n2c(=O)[nH]c(=O)n(C)c2=O)ccc1Oc1ccc(SC(F)(F)F)cc1.Cc1cc(-n2c(=O)[nH]c(=O)n(C)c2=O)ccc1Oc1ccc(SC(F)(F)F)cc1. The highest BCUT2D eigenvalue weighted by molar-refractivity contribution is 8.00. The van der Waals surface area contributed by atoms with E-state index in [-0.39, 0.29) is 67.0 Å². The molecule has 0 spiro atoms. The minimum Gasteiger partial charge on any atom is -0.457 e. The van der Waals surface area contributed by atoms with Crippen LogP contribution >= 0.6 is 35.3 Å². The van der Waals surface area contributed by atoms with E-state index in [1.165, 1.54) is 149 Å². The summed E-state index contributed by atoms with van der Waals surface area (Å²) in [5.74, 6) is 2.14. The number of rotatable bonds is 12. The molecule has 3 N–H and O–H groups in total.